The molecule has 8 heteroatoms. The molecule has 1 aromatic rings. The lowest BCUT2D eigenvalue weighted by molar-refractivity contribution is 0.00752. The molecule has 1 unspecified atom stereocenters. The van der Waals surface area contributed by atoms with Crippen LogP contribution in [0.25, 0.3) is 0 Å². The van der Waals surface area contributed by atoms with Gasteiger partial charge in [-0.2, -0.15) is 0 Å². The van der Waals surface area contributed by atoms with Crippen molar-refractivity contribution in [2.45, 2.75) is 60.0 Å². The number of nitrogens with zero attached hydrogens (tertiary/aromatic N) is 3. The van der Waals surface area contributed by atoms with Gasteiger partial charge < -0.3 is 19.9 Å². The van der Waals surface area contributed by atoms with Gasteiger partial charge in [0.2, 0.25) is 0 Å². The molecule has 2 rings (SSSR count). The van der Waals surface area contributed by atoms with Gasteiger partial charge in [-0.3, -0.25) is 4.90 Å². The lowest BCUT2D eigenvalue weighted by Crippen LogP contribution is -2.52. The molecule has 2 heterocycles. The quantitative estimate of drug-likeness (QED) is 0.304. The molecule has 7 nitrogen and oxygen atoms in total. The maximum absolute atomic E-state index is 5.50. The van der Waals surface area contributed by atoms with Crippen LogP contribution >= 0.6 is 24.0 Å². The van der Waals surface area contributed by atoms with Gasteiger partial charge in [-0.15, -0.1) is 24.0 Å². The van der Waals surface area contributed by atoms with Gasteiger partial charge >= 0.3 is 0 Å². The highest BCUT2D eigenvalue weighted by Crippen LogP contribution is 2.17. The fourth-order valence-electron chi connectivity index (χ4n) is 3.51. The molecule has 0 radical (unpaired) electrons. The van der Waals surface area contributed by atoms with Gasteiger partial charge in [0.05, 0.1) is 25.5 Å². The second-order valence-corrected chi connectivity index (χ2v) is 7.27. The number of hydrogen-bond donors (Lipinski definition) is 2. The number of guanidine groups is 1. The van der Waals surface area contributed by atoms with E-state index >= 15 is 0 Å². The van der Waals surface area contributed by atoms with Crippen molar-refractivity contribution in [3.05, 3.63) is 17.0 Å². The molecule has 1 aromatic heterocycles. The van der Waals surface area contributed by atoms with E-state index in [4.69, 9.17) is 14.3 Å². The minimum atomic E-state index is 0. The number of nitrogens with one attached hydrogen (secondary N) is 2. The van der Waals surface area contributed by atoms with Crippen LogP contribution in [0.2, 0.25) is 0 Å². The Hall–Kier alpha value is -0.870. The molecule has 1 atom stereocenters. The van der Waals surface area contributed by atoms with Crippen LogP contribution in [0.15, 0.2) is 9.52 Å². The zero-order chi connectivity index (χ0) is 19.6. The number of rotatable bonds is 9. The monoisotopic (exact) mass is 507 g/mol. The third kappa shape index (κ3) is 7.18. The third-order valence-electron chi connectivity index (χ3n) is 5.11. The molecule has 0 bridgehead atoms. The van der Waals surface area contributed by atoms with Crippen LogP contribution < -0.4 is 10.6 Å². The normalized spacial score (nSPS) is 16.7. The first-order chi connectivity index (χ1) is 13.1. The zero-order valence-electron chi connectivity index (χ0n) is 18.1. The van der Waals surface area contributed by atoms with Gasteiger partial charge in [0.15, 0.2) is 5.96 Å². The van der Waals surface area contributed by atoms with Gasteiger partial charge in [0, 0.05) is 44.2 Å². The molecule has 1 aliphatic heterocycles. The second-order valence-electron chi connectivity index (χ2n) is 7.27. The standard InChI is InChI=1S/C20H37N5O2.HI/c1-6-17-16(19(7-2)27-24-17)13-22-20(21-8-3)23-14-18(15(4)5)25-9-11-26-12-10-25;/h15,18H,6-14H2,1-5H3,(H2,21,22,23);1H. The van der Waals surface area contributed by atoms with Crippen molar-refractivity contribution in [2.24, 2.45) is 10.9 Å². The van der Waals surface area contributed by atoms with Gasteiger partial charge in [0.25, 0.3) is 0 Å². The Morgan fingerprint density at radius 2 is 1.86 bits per heavy atom. The average molecular weight is 507 g/mol. The van der Waals surface area contributed by atoms with Crippen LogP contribution in [0, 0.1) is 5.92 Å². The minimum absolute atomic E-state index is 0. The summed E-state index contributed by atoms with van der Waals surface area (Å²) < 4.78 is 11.0. The molecule has 28 heavy (non-hydrogen) atoms. The Labute approximate surface area is 187 Å². The number of hydrogen-bond acceptors (Lipinski definition) is 5. The van der Waals surface area contributed by atoms with Gasteiger partial charge in [-0.25, -0.2) is 4.99 Å². The highest BCUT2D eigenvalue weighted by atomic mass is 127. The van der Waals surface area contributed by atoms with E-state index in [0.717, 1.165) is 75.2 Å². The SMILES string of the molecule is CCNC(=NCc1c(CC)noc1CC)NCC(C(C)C)N1CCOCC1.I. The smallest absolute Gasteiger partial charge is 0.191 e. The minimum Gasteiger partial charge on any atom is -0.379 e. The van der Waals surface area contributed by atoms with E-state index in [2.05, 4.69) is 55.3 Å². The van der Waals surface area contributed by atoms with Crippen molar-refractivity contribution in [3.8, 4) is 0 Å². The molecule has 0 aromatic carbocycles. The van der Waals surface area contributed by atoms with Gasteiger partial charge in [-0.1, -0.05) is 32.9 Å². The van der Waals surface area contributed by atoms with Crippen molar-refractivity contribution in [1.29, 1.82) is 0 Å². The first-order valence-corrected chi connectivity index (χ1v) is 10.4. The highest BCUT2D eigenvalue weighted by molar-refractivity contribution is 14.0. The fourth-order valence-corrected chi connectivity index (χ4v) is 3.51. The molecule has 1 fully saturated rings. The van der Waals surface area contributed by atoms with Crippen molar-refractivity contribution >= 4 is 29.9 Å². The lowest BCUT2D eigenvalue weighted by Gasteiger charge is -2.37. The molecular formula is C20H38IN5O2. The summed E-state index contributed by atoms with van der Waals surface area (Å²) in [6.45, 7) is 16.8. The van der Waals surface area contributed by atoms with E-state index in [0.29, 0.717) is 18.5 Å². The van der Waals surface area contributed by atoms with Crippen LogP contribution in [-0.2, 0) is 24.1 Å². The van der Waals surface area contributed by atoms with E-state index in [-0.39, 0.29) is 24.0 Å². The number of ether oxygens (including phenoxy) is 1. The molecule has 0 amide bonds. The van der Waals surface area contributed by atoms with Crippen LogP contribution in [0.5, 0.6) is 0 Å². The first-order valence-electron chi connectivity index (χ1n) is 10.4. The Balaban J connectivity index is 0.00000392. The molecule has 162 valence electrons. The van der Waals surface area contributed by atoms with Crippen LogP contribution in [0.3, 0.4) is 0 Å². The summed E-state index contributed by atoms with van der Waals surface area (Å²) in [5, 5.41) is 11.1. The lowest BCUT2D eigenvalue weighted by atomic mass is 10.0. The second kappa shape index (κ2) is 13.4. The molecule has 1 aliphatic rings. The molecule has 0 saturated carbocycles. The molecule has 0 aliphatic carbocycles. The predicted molar refractivity (Wildman–Crippen MR) is 125 cm³/mol. The summed E-state index contributed by atoms with van der Waals surface area (Å²) in [5.74, 6) is 2.36. The van der Waals surface area contributed by atoms with Crippen molar-refractivity contribution in [3.63, 3.8) is 0 Å². The number of morpholine rings is 1. The summed E-state index contributed by atoms with van der Waals surface area (Å²) >= 11 is 0. The Morgan fingerprint density at radius 3 is 2.43 bits per heavy atom. The van der Waals surface area contributed by atoms with Crippen LogP contribution in [0.4, 0.5) is 0 Å². The van der Waals surface area contributed by atoms with Gasteiger partial charge in [-0.05, 0) is 19.3 Å². The van der Waals surface area contributed by atoms with E-state index in [1.807, 2.05) is 0 Å². The number of aryl methyl sites for hydroxylation is 2. The van der Waals surface area contributed by atoms with Crippen molar-refractivity contribution in [2.75, 3.05) is 39.4 Å². The molecule has 0 spiro atoms. The number of aliphatic imine (C=N–C) groups is 1. The summed E-state index contributed by atoms with van der Waals surface area (Å²) in [5.41, 5.74) is 2.14. The Morgan fingerprint density at radius 1 is 1.14 bits per heavy atom. The molecule has 1 saturated heterocycles. The van der Waals surface area contributed by atoms with Crippen LogP contribution in [-0.4, -0.2) is 61.5 Å². The van der Waals surface area contributed by atoms with Crippen molar-refractivity contribution < 1.29 is 9.26 Å². The summed E-state index contributed by atoms with van der Waals surface area (Å²) in [6, 6.07) is 0.464. The van der Waals surface area contributed by atoms with E-state index < -0.39 is 0 Å². The first kappa shape index (κ1) is 25.2. The summed E-state index contributed by atoms with van der Waals surface area (Å²) in [6.07, 6.45) is 1.71. The number of halogens is 1. The molecular weight excluding hydrogens is 469 g/mol. The van der Waals surface area contributed by atoms with Crippen LogP contribution in [0.1, 0.15) is 51.6 Å². The maximum atomic E-state index is 5.50. The Bertz CT molecular complexity index is 564. The summed E-state index contributed by atoms with van der Waals surface area (Å²) in [7, 11) is 0. The topological polar surface area (TPSA) is 74.9 Å². The zero-order valence-corrected chi connectivity index (χ0v) is 20.4. The fraction of sp³-hybridized carbons (Fsp3) is 0.800. The van der Waals surface area contributed by atoms with Gasteiger partial charge in [0.1, 0.15) is 5.76 Å². The maximum Gasteiger partial charge on any atom is 0.191 e. The number of aromatic nitrogens is 1. The molecule has 2 N–H and O–H groups in total. The summed E-state index contributed by atoms with van der Waals surface area (Å²) in [4.78, 5) is 7.32. The van der Waals surface area contributed by atoms with E-state index in [1.54, 1.807) is 0 Å². The highest BCUT2D eigenvalue weighted by Gasteiger charge is 2.24. The van der Waals surface area contributed by atoms with Crippen molar-refractivity contribution in [1.82, 2.24) is 20.7 Å². The van der Waals surface area contributed by atoms with E-state index in [1.165, 1.54) is 0 Å². The predicted octanol–water partition coefficient (Wildman–Crippen LogP) is 2.83. The average Bonchev–Trinajstić information content (AvgIpc) is 3.08. The Kier molecular flexibility index (Phi) is 12.0. The third-order valence-corrected chi connectivity index (χ3v) is 5.11. The van der Waals surface area contributed by atoms with E-state index in [9.17, 15) is 0 Å². The largest absolute Gasteiger partial charge is 0.379 e.